The van der Waals surface area contributed by atoms with E-state index in [1.807, 2.05) is 6.92 Å². The summed E-state index contributed by atoms with van der Waals surface area (Å²) in [6, 6.07) is -0.124. The van der Waals surface area contributed by atoms with E-state index < -0.39 is 0 Å². The van der Waals surface area contributed by atoms with Crippen LogP contribution in [0.5, 0.6) is 0 Å². The van der Waals surface area contributed by atoms with Gasteiger partial charge in [0.15, 0.2) is 0 Å². The van der Waals surface area contributed by atoms with Crippen LogP contribution in [-0.4, -0.2) is 62.9 Å². The summed E-state index contributed by atoms with van der Waals surface area (Å²) in [6.45, 7) is 7.54. The Morgan fingerprint density at radius 2 is 2.44 bits per heavy atom. The van der Waals surface area contributed by atoms with E-state index in [1.165, 1.54) is 6.42 Å². The third-order valence-corrected chi connectivity index (χ3v) is 3.66. The fourth-order valence-corrected chi connectivity index (χ4v) is 2.72. The molecular formula is C13H24N2O3. The highest BCUT2D eigenvalue weighted by Crippen LogP contribution is 2.17. The molecule has 2 aliphatic rings. The topological polar surface area (TPSA) is 50.8 Å². The third kappa shape index (κ3) is 3.67. The average Bonchev–Trinajstić information content (AvgIpc) is 2.41. The molecule has 0 aromatic carbocycles. The van der Waals surface area contributed by atoms with Crippen LogP contribution in [0.4, 0.5) is 0 Å². The van der Waals surface area contributed by atoms with Gasteiger partial charge in [0, 0.05) is 32.8 Å². The zero-order chi connectivity index (χ0) is 12.8. The first-order valence-electron chi connectivity index (χ1n) is 7.00. The second-order valence-electron chi connectivity index (χ2n) is 5.05. The van der Waals surface area contributed by atoms with E-state index in [9.17, 15) is 4.79 Å². The van der Waals surface area contributed by atoms with Gasteiger partial charge < -0.3 is 14.8 Å². The molecule has 2 atom stereocenters. The molecule has 2 aliphatic heterocycles. The molecule has 2 rings (SSSR count). The number of carbonyl (C=O) groups is 1. The van der Waals surface area contributed by atoms with E-state index in [1.54, 1.807) is 0 Å². The Hall–Kier alpha value is -0.650. The van der Waals surface area contributed by atoms with E-state index in [0.717, 1.165) is 39.3 Å². The lowest BCUT2D eigenvalue weighted by Crippen LogP contribution is -2.56. The maximum absolute atomic E-state index is 11.9. The summed E-state index contributed by atoms with van der Waals surface area (Å²) in [6.07, 6.45) is 2.35. The summed E-state index contributed by atoms with van der Waals surface area (Å²) < 4.78 is 10.7. The molecule has 1 N–H and O–H groups in total. The number of hydrogen-bond acceptors (Lipinski definition) is 5. The summed E-state index contributed by atoms with van der Waals surface area (Å²) >= 11 is 0. The van der Waals surface area contributed by atoms with Crippen LogP contribution in [0.2, 0.25) is 0 Å². The standard InChI is InChI=1S/C13H24N2O3/c1-2-18-13(16)12-8-14-5-6-15(12)9-11-4-3-7-17-10-11/h11-12,14H,2-10H2,1H3. The average molecular weight is 256 g/mol. The number of rotatable bonds is 4. The molecule has 0 bridgehead atoms. The van der Waals surface area contributed by atoms with Crippen molar-refractivity contribution in [2.75, 3.05) is 46.0 Å². The van der Waals surface area contributed by atoms with Gasteiger partial charge in [-0.1, -0.05) is 0 Å². The summed E-state index contributed by atoms with van der Waals surface area (Å²) in [5, 5.41) is 3.27. The van der Waals surface area contributed by atoms with E-state index in [0.29, 0.717) is 19.1 Å². The molecule has 2 unspecified atom stereocenters. The van der Waals surface area contributed by atoms with Gasteiger partial charge in [-0.2, -0.15) is 0 Å². The maximum atomic E-state index is 11.9. The molecule has 104 valence electrons. The van der Waals surface area contributed by atoms with Gasteiger partial charge >= 0.3 is 5.97 Å². The molecule has 2 fully saturated rings. The van der Waals surface area contributed by atoms with Crippen LogP contribution in [0.1, 0.15) is 19.8 Å². The summed E-state index contributed by atoms with van der Waals surface area (Å²) in [7, 11) is 0. The summed E-state index contributed by atoms with van der Waals surface area (Å²) in [5.41, 5.74) is 0. The van der Waals surface area contributed by atoms with Crippen LogP contribution in [0.3, 0.4) is 0 Å². The SMILES string of the molecule is CCOC(=O)C1CNCCN1CC1CCCOC1. The van der Waals surface area contributed by atoms with Crippen molar-refractivity contribution in [3.8, 4) is 0 Å². The number of ether oxygens (including phenoxy) is 2. The Balaban J connectivity index is 1.88. The van der Waals surface area contributed by atoms with Crippen molar-refractivity contribution in [2.24, 2.45) is 5.92 Å². The van der Waals surface area contributed by atoms with E-state index in [2.05, 4.69) is 10.2 Å². The van der Waals surface area contributed by atoms with Crippen molar-refractivity contribution in [1.29, 1.82) is 0 Å². The first-order valence-corrected chi connectivity index (χ1v) is 7.00. The van der Waals surface area contributed by atoms with Gasteiger partial charge in [-0.05, 0) is 25.7 Å². The van der Waals surface area contributed by atoms with Gasteiger partial charge in [0.25, 0.3) is 0 Å². The van der Waals surface area contributed by atoms with Gasteiger partial charge in [0.1, 0.15) is 6.04 Å². The number of carbonyl (C=O) groups excluding carboxylic acids is 1. The Morgan fingerprint density at radius 1 is 1.56 bits per heavy atom. The number of esters is 1. The largest absolute Gasteiger partial charge is 0.465 e. The zero-order valence-electron chi connectivity index (χ0n) is 11.2. The highest BCUT2D eigenvalue weighted by Gasteiger charge is 2.31. The highest BCUT2D eigenvalue weighted by atomic mass is 16.5. The van der Waals surface area contributed by atoms with Crippen molar-refractivity contribution in [3.63, 3.8) is 0 Å². The van der Waals surface area contributed by atoms with Crippen LogP contribution < -0.4 is 5.32 Å². The Bertz CT molecular complexity index is 267. The predicted octanol–water partition coefficient (Wildman–Crippen LogP) is 0.250. The first kappa shape index (κ1) is 13.8. The fourth-order valence-electron chi connectivity index (χ4n) is 2.72. The molecule has 0 saturated carbocycles. The minimum absolute atomic E-state index is 0.0959. The number of nitrogens with zero attached hydrogens (tertiary/aromatic N) is 1. The molecule has 5 nitrogen and oxygen atoms in total. The molecule has 0 amide bonds. The molecule has 2 saturated heterocycles. The van der Waals surface area contributed by atoms with Crippen molar-refractivity contribution in [2.45, 2.75) is 25.8 Å². The molecule has 18 heavy (non-hydrogen) atoms. The first-order chi connectivity index (χ1) is 8.81. The minimum atomic E-state index is -0.124. The number of nitrogens with one attached hydrogen (secondary N) is 1. The molecule has 0 aliphatic carbocycles. The number of piperazine rings is 1. The van der Waals surface area contributed by atoms with Gasteiger partial charge in [0.05, 0.1) is 13.2 Å². The predicted molar refractivity (Wildman–Crippen MR) is 68.4 cm³/mol. The Labute approximate surface area is 109 Å². The second-order valence-corrected chi connectivity index (χ2v) is 5.05. The van der Waals surface area contributed by atoms with Crippen LogP contribution in [-0.2, 0) is 14.3 Å². The molecule has 5 heteroatoms. The van der Waals surface area contributed by atoms with E-state index >= 15 is 0 Å². The Morgan fingerprint density at radius 3 is 3.17 bits per heavy atom. The van der Waals surface area contributed by atoms with E-state index in [-0.39, 0.29) is 12.0 Å². The van der Waals surface area contributed by atoms with Crippen molar-refractivity contribution < 1.29 is 14.3 Å². The van der Waals surface area contributed by atoms with Gasteiger partial charge in [-0.3, -0.25) is 9.69 Å². The zero-order valence-corrected chi connectivity index (χ0v) is 11.2. The quantitative estimate of drug-likeness (QED) is 0.731. The van der Waals surface area contributed by atoms with Crippen LogP contribution >= 0.6 is 0 Å². The number of hydrogen-bond donors (Lipinski definition) is 1. The summed E-state index contributed by atoms with van der Waals surface area (Å²) in [4.78, 5) is 14.2. The molecular weight excluding hydrogens is 232 g/mol. The Kier molecular flexibility index (Phi) is 5.41. The fraction of sp³-hybridized carbons (Fsp3) is 0.923. The smallest absolute Gasteiger partial charge is 0.324 e. The normalized spacial score (nSPS) is 30.1. The highest BCUT2D eigenvalue weighted by molar-refractivity contribution is 5.76. The summed E-state index contributed by atoms with van der Waals surface area (Å²) in [5.74, 6) is 0.468. The van der Waals surface area contributed by atoms with Crippen LogP contribution in [0.15, 0.2) is 0 Å². The lowest BCUT2D eigenvalue weighted by molar-refractivity contribution is -0.150. The van der Waals surface area contributed by atoms with Crippen LogP contribution in [0, 0.1) is 5.92 Å². The maximum Gasteiger partial charge on any atom is 0.324 e. The molecule has 0 radical (unpaired) electrons. The van der Waals surface area contributed by atoms with E-state index in [4.69, 9.17) is 9.47 Å². The molecule has 0 spiro atoms. The molecule has 0 aromatic rings. The lowest BCUT2D eigenvalue weighted by Gasteiger charge is -2.37. The second kappa shape index (κ2) is 7.07. The van der Waals surface area contributed by atoms with Crippen molar-refractivity contribution in [3.05, 3.63) is 0 Å². The van der Waals surface area contributed by atoms with Crippen LogP contribution in [0.25, 0.3) is 0 Å². The molecule has 0 aromatic heterocycles. The monoisotopic (exact) mass is 256 g/mol. The lowest BCUT2D eigenvalue weighted by atomic mass is 10.00. The third-order valence-electron chi connectivity index (χ3n) is 3.66. The minimum Gasteiger partial charge on any atom is -0.465 e. The van der Waals surface area contributed by atoms with Crippen molar-refractivity contribution >= 4 is 5.97 Å². The molecule has 2 heterocycles. The van der Waals surface area contributed by atoms with Gasteiger partial charge in [-0.15, -0.1) is 0 Å². The van der Waals surface area contributed by atoms with Gasteiger partial charge in [0.2, 0.25) is 0 Å². The van der Waals surface area contributed by atoms with Crippen molar-refractivity contribution in [1.82, 2.24) is 10.2 Å². The van der Waals surface area contributed by atoms with Gasteiger partial charge in [-0.25, -0.2) is 0 Å².